The molecule has 1 unspecified atom stereocenters. The second-order valence-electron chi connectivity index (χ2n) is 12.1. The summed E-state index contributed by atoms with van der Waals surface area (Å²) in [7, 11) is 0. The van der Waals surface area contributed by atoms with Crippen LogP contribution in [0.15, 0.2) is 72.8 Å². The molecule has 0 bridgehead atoms. The van der Waals surface area contributed by atoms with Crippen molar-refractivity contribution in [2.75, 3.05) is 0 Å². The van der Waals surface area contributed by atoms with Crippen LogP contribution in [0.25, 0.3) is 0 Å². The van der Waals surface area contributed by atoms with Gasteiger partial charge in [-0.2, -0.15) is 0 Å². The van der Waals surface area contributed by atoms with Gasteiger partial charge in [-0.25, -0.2) is 0 Å². The van der Waals surface area contributed by atoms with E-state index in [-0.39, 0.29) is 12.2 Å². The average Bonchev–Trinajstić information content (AvgIpc) is 2.97. The van der Waals surface area contributed by atoms with Gasteiger partial charge in [-0.05, 0) is 49.3 Å². The lowest BCUT2D eigenvalue weighted by Crippen LogP contribution is -2.38. The second kappa shape index (κ2) is 11.4. The summed E-state index contributed by atoms with van der Waals surface area (Å²) in [5.41, 5.74) is -0.232. The molecule has 0 radical (unpaired) electrons. The molecule has 0 aliphatic heterocycles. The summed E-state index contributed by atoms with van der Waals surface area (Å²) < 4.78 is 0. The van der Waals surface area contributed by atoms with E-state index in [2.05, 4.69) is 0 Å². The Morgan fingerprint density at radius 2 is 1.23 bits per heavy atom. The van der Waals surface area contributed by atoms with E-state index in [1.54, 1.807) is 42.5 Å². The van der Waals surface area contributed by atoms with Crippen molar-refractivity contribution in [1.82, 2.24) is 0 Å². The highest BCUT2D eigenvalue weighted by atomic mass is 16.3. The average molecular weight is 541 g/mol. The van der Waals surface area contributed by atoms with Gasteiger partial charge in [-0.1, -0.05) is 111 Å². The van der Waals surface area contributed by atoms with E-state index >= 15 is 0 Å². The number of carbonyl (C=O) groups is 2. The molecule has 3 N–H and O–H groups in total. The minimum atomic E-state index is -1.75. The van der Waals surface area contributed by atoms with E-state index < -0.39 is 22.6 Å². The predicted octanol–water partition coefficient (Wildman–Crippen LogP) is 6.40. The molecule has 2 aliphatic carbocycles. The monoisotopic (exact) mass is 540 g/mol. The lowest BCUT2D eigenvalue weighted by Gasteiger charge is -2.33. The third-order valence-electron chi connectivity index (χ3n) is 8.99. The Bertz CT molecular complexity index is 1340. The van der Waals surface area contributed by atoms with E-state index in [1.807, 2.05) is 30.3 Å². The van der Waals surface area contributed by atoms with E-state index in [4.69, 9.17) is 0 Å². The summed E-state index contributed by atoms with van der Waals surface area (Å²) in [6, 6.07) is 21.2. The van der Waals surface area contributed by atoms with Gasteiger partial charge in [-0.15, -0.1) is 0 Å². The van der Waals surface area contributed by atoms with Crippen molar-refractivity contribution in [1.29, 1.82) is 0 Å². The lowest BCUT2D eigenvalue weighted by molar-refractivity contribution is -0.00105. The maximum atomic E-state index is 13.8. The van der Waals surface area contributed by atoms with E-state index in [0.29, 0.717) is 35.1 Å². The quantitative estimate of drug-likeness (QED) is 0.288. The highest BCUT2D eigenvalue weighted by Gasteiger charge is 2.36. The SMILES string of the molecule is CC(O)(Cc1cc(C2(O)CCCCC2)ccc1C(=O)c1ccc(C2(O)CCCCC2)cc1)C(=O)c1ccccc1. The van der Waals surface area contributed by atoms with Gasteiger partial charge >= 0.3 is 0 Å². The summed E-state index contributed by atoms with van der Waals surface area (Å²) in [4.78, 5) is 27.1. The van der Waals surface area contributed by atoms with Gasteiger partial charge in [0.15, 0.2) is 11.6 Å². The van der Waals surface area contributed by atoms with Crippen molar-refractivity contribution in [3.8, 4) is 0 Å². The van der Waals surface area contributed by atoms with Crippen molar-refractivity contribution >= 4 is 11.6 Å². The van der Waals surface area contributed by atoms with Crippen LogP contribution < -0.4 is 0 Å². The first-order chi connectivity index (χ1) is 19.1. The Balaban J connectivity index is 1.49. The van der Waals surface area contributed by atoms with Crippen LogP contribution >= 0.6 is 0 Å². The van der Waals surface area contributed by atoms with Crippen LogP contribution in [-0.4, -0.2) is 32.5 Å². The zero-order valence-electron chi connectivity index (χ0n) is 23.4. The normalized spacial score (nSPS) is 19.9. The van der Waals surface area contributed by atoms with Gasteiger partial charge in [0, 0.05) is 23.1 Å². The van der Waals surface area contributed by atoms with Crippen molar-refractivity contribution in [3.63, 3.8) is 0 Å². The molecule has 0 spiro atoms. The molecule has 210 valence electrons. The zero-order chi connectivity index (χ0) is 28.4. The summed E-state index contributed by atoms with van der Waals surface area (Å²) in [6.07, 6.45) is 8.70. The van der Waals surface area contributed by atoms with Crippen molar-refractivity contribution < 1.29 is 24.9 Å². The molecule has 5 nitrogen and oxygen atoms in total. The number of ketones is 2. The van der Waals surface area contributed by atoms with Gasteiger partial charge in [-0.3, -0.25) is 9.59 Å². The fourth-order valence-corrected chi connectivity index (χ4v) is 6.54. The van der Waals surface area contributed by atoms with Crippen molar-refractivity contribution in [2.24, 2.45) is 0 Å². The molecule has 0 amide bonds. The third kappa shape index (κ3) is 5.83. The Morgan fingerprint density at radius 3 is 1.80 bits per heavy atom. The van der Waals surface area contributed by atoms with Crippen LogP contribution in [0.2, 0.25) is 0 Å². The predicted molar refractivity (Wildman–Crippen MR) is 155 cm³/mol. The third-order valence-corrected chi connectivity index (χ3v) is 8.99. The second-order valence-corrected chi connectivity index (χ2v) is 12.1. The first-order valence-corrected chi connectivity index (χ1v) is 14.7. The van der Waals surface area contributed by atoms with Crippen LogP contribution in [-0.2, 0) is 17.6 Å². The summed E-state index contributed by atoms with van der Waals surface area (Å²) >= 11 is 0. The Morgan fingerprint density at radius 1 is 0.700 bits per heavy atom. The molecule has 3 aromatic carbocycles. The smallest absolute Gasteiger partial charge is 0.194 e. The summed E-state index contributed by atoms with van der Waals surface area (Å²) in [5.74, 6) is -0.638. The molecule has 5 rings (SSSR count). The number of Topliss-reactive ketones (excluding diaryl/α,β-unsaturated/α-hetero) is 1. The Kier molecular flexibility index (Phi) is 8.10. The molecule has 40 heavy (non-hydrogen) atoms. The molecule has 2 saturated carbocycles. The van der Waals surface area contributed by atoms with Crippen LogP contribution in [0, 0.1) is 0 Å². The molecule has 0 aromatic heterocycles. The number of hydrogen-bond acceptors (Lipinski definition) is 5. The molecule has 2 fully saturated rings. The number of rotatable bonds is 8. The van der Waals surface area contributed by atoms with Crippen LogP contribution in [0.4, 0.5) is 0 Å². The molecule has 5 heteroatoms. The molecule has 0 saturated heterocycles. The Labute approximate surface area is 236 Å². The van der Waals surface area contributed by atoms with Crippen LogP contribution in [0.3, 0.4) is 0 Å². The number of carbonyl (C=O) groups excluding carboxylic acids is 2. The van der Waals surface area contributed by atoms with Crippen LogP contribution in [0.1, 0.15) is 114 Å². The van der Waals surface area contributed by atoms with Gasteiger partial charge in [0.25, 0.3) is 0 Å². The molecule has 1 atom stereocenters. The van der Waals surface area contributed by atoms with E-state index in [0.717, 1.165) is 62.5 Å². The zero-order valence-corrected chi connectivity index (χ0v) is 23.4. The topological polar surface area (TPSA) is 94.8 Å². The summed E-state index contributed by atoms with van der Waals surface area (Å²) in [5, 5.41) is 33.9. The standard InChI is InChI=1S/C35H40O5/c1-33(38,32(37)26-11-5-2-6-12-26)24-27-23-29(35(40)21-9-4-10-22-35)17-18-30(27)31(36)25-13-15-28(16-14-25)34(39)19-7-3-8-20-34/h2,5-6,11-18,23,38-40H,3-4,7-10,19-22,24H2,1H3. The molecule has 2 aliphatic rings. The van der Waals surface area contributed by atoms with Gasteiger partial charge in [0.1, 0.15) is 5.60 Å². The maximum absolute atomic E-state index is 13.8. The first-order valence-electron chi connectivity index (χ1n) is 14.7. The number of benzene rings is 3. The minimum Gasteiger partial charge on any atom is -0.385 e. The van der Waals surface area contributed by atoms with Crippen molar-refractivity contribution in [2.45, 2.75) is 94.4 Å². The number of aliphatic hydroxyl groups is 3. The molecule has 3 aromatic rings. The summed E-state index contributed by atoms with van der Waals surface area (Å²) in [6.45, 7) is 1.48. The Hall–Kier alpha value is -3.12. The first kappa shape index (κ1) is 28.4. The molecule has 0 heterocycles. The van der Waals surface area contributed by atoms with Gasteiger partial charge in [0.05, 0.1) is 11.2 Å². The molecular weight excluding hydrogens is 500 g/mol. The van der Waals surface area contributed by atoms with E-state index in [1.165, 1.54) is 6.92 Å². The molecular formula is C35H40O5. The minimum absolute atomic E-state index is 0.0659. The van der Waals surface area contributed by atoms with E-state index in [9.17, 15) is 24.9 Å². The van der Waals surface area contributed by atoms with Crippen molar-refractivity contribution in [3.05, 3.63) is 106 Å². The highest BCUT2D eigenvalue weighted by molar-refractivity contribution is 6.10. The lowest BCUT2D eigenvalue weighted by atomic mass is 9.77. The highest BCUT2D eigenvalue weighted by Crippen LogP contribution is 2.39. The fourth-order valence-electron chi connectivity index (χ4n) is 6.54. The van der Waals surface area contributed by atoms with Gasteiger partial charge < -0.3 is 15.3 Å². The largest absolute Gasteiger partial charge is 0.385 e. The number of hydrogen-bond donors (Lipinski definition) is 3. The fraction of sp³-hybridized carbons (Fsp3) is 0.429. The van der Waals surface area contributed by atoms with Gasteiger partial charge in [0.2, 0.25) is 0 Å². The van der Waals surface area contributed by atoms with Crippen LogP contribution in [0.5, 0.6) is 0 Å². The maximum Gasteiger partial charge on any atom is 0.194 e.